The molecular weight excluding hydrogens is 270 g/mol. The molecule has 0 radical (unpaired) electrons. The lowest BCUT2D eigenvalue weighted by Crippen LogP contribution is -2.26. The quantitative estimate of drug-likeness (QED) is 0.920. The molecule has 3 nitrogen and oxygen atoms in total. The van der Waals surface area contributed by atoms with Crippen molar-refractivity contribution in [2.24, 2.45) is 0 Å². The molecule has 0 bridgehead atoms. The lowest BCUT2D eigenvalue weighted by atomic mass is 10.0. The highest BCUT2D eigenvalue weighted by molar-refractivity contribution is 6.33. The van der Waals surface area contributed by atoms with E-state index >= 15 is 0 Å². The van der Waals surface area contributed by atoms with E-state index in [1.165, 1.54) is 29.8 Å². The molecule has 102 valence electrons. The molecule has 0 saturated heterocycles. The standard InChI is InChI=1S/C16H16ClN3/c17-13-4-2-1-3-11(13)16-19-14-7-8-18-9-12(14)15(20-16)10-5-6-10/h1-4,10,18H,5-9H2. The number of rotatable bonds is 2. The van der Waals surface area contributed by atoms with E-state index in [1.54, 1.807) is 0 Å². The van der Waals surface area contributed by atoms with Crippen LogP contribution in [-0.2, 0) is 13.0 Å². The molecule has 1 aliphatic carbocycles. The molecule has 1 aliphatic heterocycles. The summed E-state index contributed by atoms with van der Waals surface area (Å²) in [6, 6.07) is 7.83. The van der Waals surface area contributed by atoms with E-state index in [9.17, 15) is 0 Å². The van der Waals surface area contributed by atoms with E-state index in [-0.39, 0.29) is 0 Å². The van der Waals surface area contributed by atoms with Crippen molar-refractivity contribution in [2.45, 2.75) is 31.7 Å². The normalized spacial score (nSPS) is 17.9. The van der Waals surface area contributed by atoms with Crippen LogP contribution in [0.4, 0.5) is 0 Å². The number of nitrogens with zero attached hydrogens (tertiary/aromatic N) is 2. The van der Waals surface area contributed by atoms with Crippen molar-refractivity contribution < 1.29 is 0 Å². The topological polar surface area (TPSA) is 37.8 Å². The molecule has 1 aromatic heterocycles. The van der Waals surface area contributed by atoms with Crippen molar-refractivity contribution in [2.75, 3.05) is 6.54 Å². The second-order valence-electron chi connectivity index (χ2n) is 5.54. The van der Waals surface area contributed by atoms with Gasteiger partial charge in [0.05, 0.1) is 16.4 Å². The van der Waals surface area contributed by atoms with Crippen molar-refractivity contribution in [3.05, 3.63) is 46.2 Å². The third-order valence-electron chi connectivity index (χ3n) is 4.04. The summed E-state index contributed by atoms with van der Waals surface area (Å²) in [7, 11) is 0. The molecule has 0 atom stereocenters. The van der Waals surface area contributed by atoms with Crippen LogP contribution >= 0.6 is 11.6 Å². The van der Waals surface area contributed by atoms with Crippen molar-refractivity contribution in [3.63, 3.8) is 0 Å². The molecular formula is C16H16ClN3. The number of nitrogens with one attached hydrogen (secondary N) is 1. The Hall–Kier alpha value is -1.45. The van der Waals surface area contributed by atoms with Gasteiger partial charge in [-0.2, -0.15) is 0 Å². The summed E-state index contributed by atoms with van der Waals surface area (Å²) in [6.07, 6.45) is 3.49. The van der Waals surface area contributed by atoms with E-state index in [2.05, 4.69) is 5.32 Å². The Morgan fingerprint density at radius 1 is 1.15 bits per heavy atom. The lowest BCUT2D eigenvalue weighted by molar-refractivity contribution is 0.617. The van der Waals surface area contributed by atoms with Gasteiger partial charge >= 0.3 is 0 Å². The van der Waals surface area contributed by atoms with Crippen LogP contribution in [0.3, 0.4) is 0 Å². The maximum atomic E-state index is 6.30. The summed E-state index contributed by atoms with van der Waals surface area (Å²) >= 11 is 6.30. The second kappa shape index (κ2) is 4.83. The van der Waals surface area contributed by atoms with Crippen LogP contribution in [0.2, 0.25) is 5.02 Å². The average Bonchev–Trinajstić information content (AvgIpc) is 3.31. The predicted molar refractivity (Wildman–Crippen MR) is 79.9 cm³/mol. The fraction of sp³-hybridized carbons (Fsp3) is 0.375. The molecule has 0 spiro atoms. The monoisotopic (exact) mass is 285 g/mol. The van der Waals surface area contributed by atoms with Crippen LogP contribution in [0.25, 0.3) is 11.4 Å². The number of halogens is 1. The highest BCUT2D eigenvalue weighted by Crippen LogP contribution is 2.42. The Bertz CT molecular complexity index is 665. The van der Waals surface area contributed by atoms with Crippen molar-refractivity contribution >= 4 is 11.6 Å². The highest BCUT2D eigenvalue weighted by Gasteiger charge is 2.31. The molecule has 4 rings (SSSR count). The van der Waals surface area contributed by atoms with Crippen molar-refractivity contribution in [3.8, 4) is 11.4 Å². The summed E-state index contributed by atoms with van der Waals surface area (Å²) in [5, 5.41) is 4.15. The van der Waals surface area contributed by atoms with Gasteiger partial charge in [-0.3, -0.25) is 0 Å². The fourth-order valence-electron chi connectivity index (χ4n) is 2.83. The maximum absolute atomic E-state index is 6.30. The minimum absolute atomic E-state index is 0.632. The van der Waals surface area contributed by atoms with E-state index < -0.39 is 0 Å². The fourth-order valence-corrected chi connectivity index (χ4v) is 3.05. The van der Waals surface area contributed by atoms with Gasteiger partial charge in [-0.05, 0) is 25.0 Å². The summed E-state index contributed by atoms with van der Waals surface area (Å²) in [5.41, 5.74) is 4.72. The van der Waals surface area contributed by atoms with Gasteiger partial charge in [-0.15, -0.1) is 0 Å². The summed E-state index contributed by atoms with van der Waals surface area (Å²) in [5.74, 6) is 1.42. The molecule has 1 saturated carbocycles. The summed E-state index contributed by atoms with van der Waals surface area (Å²) in [6.45, 7) is 1.90. The van der Waals surface area contributed by atoms with Gasteiger partial charge in [-0.25, -0.2) is 9.97 Å². The Balaban J connectivity index is 1.88. The van der Waals surface area contributed by atoms with E-state index in [1.807, 2.05) is 24.3 Å². The molecule has 1 aromatic carbocycles. The first-order valence-electron chi connectivity index (χ1n) is 7.18. The molecule has 2 heterocycles. The summed E-state index contributed by atoms with van der Waals surface area (Å²) in [4.78, 5) is 9.62. The maximum Gasteiger partial charge on any atom is 0.161 e. The number of aromatic nitrogens is 2. The highest BCUT2D eigenvalue weighted by atomic mass is 35.5. The number of hydrogen-bond donors (Lipinski definition) is 1. The molecule has 2 aromatic rings. The van der Waals surface area contributed by atoms with Crippen molar-refractivity contribution in [1.82, 2.24) is 15.3 Å². The van der Waals surface area contributed by atoms with Crippen LogP contribution in [0.1, 0.15) is 35.7 Å². The van der Waals surface area contributed by atoms with Gasteiger partial charge in [0.1, 0.15) is 0 Å². The minimum Gasteiger partial charge on any atom is -0.312 e. The number of benzene rings is 1. The van der Waals surface area contributed by atoms with Crippen LogP contribution < -0.4 is 5.32 Å². The van der Waals surface area contributed by atoms with Crippen LogP contribution in [0.15, 0.2) is 24.3 Å². The first-order chi connectivity index (χ1) is 9.83. The molecule has 20 heavy (non-hydrogen) atoms. The molecule has 0 amide bonds. The van der Waals surface area contributed by atoms with Gasteiger partial charge in [0, 0.05) is 36.6 Å². The summed E-state index contributed by atoms with van der Waals surface area (Å²) < 4.78 is 0. The van der Waals surface area contributed by atoms with Crippen molar-refractivity contribution in [1.29, 1.82) is 0 Å². The van der Waals surface area contributed by atoms with Gasteiger partial charge in [-0.1, -0.05) is 23.7 Å². The smallest absolute Gasteiger partial charge is 0.161 e. The zero-order valence-corrected chi connectivity index (χ0v) is 12.0. The first-order valence-corrected chi connectivity index (χ1v) is 7.56. The first kappa shape index (κ1) is 12.3. The van der Waals surface area contributed by atoms with Crippen LogP contribution in [-0.4, -0.2) is 16.5 Å². The zero-order valence-electron chi connectivity index (χ0n) is 11.2. The number of fused-ring (bicyclic) bond motifs is 1. The predicted octanol–water partition coefficient (Wildman–Crippen LogP) is 3.32. The minimum atomic E-state index is 0.632. The van der Waals surface area contributed by atoms with Gasteiger partial charge in [0.2, 0.25) is 0 Å². The van der Waals surface area contributed by atoms with E-state index in [0.717, 1.165) is 35.9 Å². The third kappa shape index (κ3) is 2.11. The second-order valence-corrected chi connectivity index (χ2v) is 5.95. The Morgan fingerprint density at radius 2 is 2.00 bits per heavy atom. The molecule has 0 unspecified atom stereocenters. The molecule has 2 aliphatic rings. The number of hydrogen-bond acceptors (Lipinski definition) is 3. The Morgan fingerprint density at radius 3 is 2.80 bits per heavy atom. The SMILES string of the molecule is Clc1ccccc1-c1nc2c(c(C3CC3)n1)CNCC2. The van der Waals surface area contributed by atoms with E-state index in [0.29, 0.717) is 5.92 Å². The van der Waals surface area contributed by atoms with Gasteiger partial charge in [0.15, 0.2) is 5.82 Å². The third-order valence-corrected chi connectivity index (χ3v) is 4.37. The largest absolute Gasteiger partial charge is 0.312 e. The zero-order chi connectivity index (χ0) is 13.5. The molecule has 1 fully saturated rings. The van der Waals surface area contributed by atoms with Crippen LogP contribution in [0.5, 0.6) is 0 Å². The lowest BCUT2D eigenvalue weighted by Gasteiger charge is -2.20. The molecule has 1 N–H and O–H groups in total. The Labute approximate surface area is 123 Å². The average molecular weight is 286 g/mol. The van der Waals surface area contributed by atoms with Gasteiger partial charge < -0.3 is 5.32 Å². The Kier molecular flexibility index (Phi) is 2.97. The van der Waals surface area contributed by atoms with Crippen LogP contribution in [0, 0.1) is 0 Å². The van der Waals surface area contributed by atoms with E-state index in [4.69, 9.17) is 21.6 Å². The van der Waals surface area contributed by atoms with Gasteiger partial charge in [0.25, 0.3) is 0 Å². The molecule has 4 heteroatoms.